The molecule has 0 saturated carbocycles. The monoisotopic (exact) mass is 950 g/mol. The first kappa shape index (κ1) is 64.0. The summed E-state index contributed by atoms with van der Waals surface area (Å²) in [7, 11) is 1.15. The van der Waals surface area contributed by atoms with Crippen LogP contribution in [0.15, 0.2) is 48.6 Å². The molecule has 66 heavy (non-hydrogen) atoms. The summed E-state index contributed by atoms with van der Waals surface area (Å²) >= 11 is 0. The van der Waals surface area contributed by atoms with Crippen molar-refractivity contribution in [1.29, 1.82) is 0 Å². The summed E-state index contributed by atoms with van der Waals surface area (Å²) in [4.78, 5) is 37.8. The second-order valence-corrected chi connectivity index (χ2v) is 21.0. The minimum absolute atomic E-state index is 0.0381. The smallest absolute Gasteiger partial charge is 0.306 e. The Morgan fingerprint density at radius 3 is 1.33 bits per heavy atom. The number of hydrogen-bond acceptors (Lipinski definition) is 8. The number of likely N-dealkylation sites (N-methyl/N-ethyl adjacent to an activating group) is 1. The Morgan fingerprint density at radius 2 is 0.848 bits per heavy atom. The summed E-state index contributed by atoms with van der Waals surface area (Å²) in [6, 6.07) is 0. The van der Waals surface area contributed by atoms with Crippen molar-refractivity contribution in [1.82, 2.24) is 0 Å². The summed E-state index contributed by atoms with van der Waals surface area (Å²) in [5, 5.41) is 0. The third kappa shape index (κ3) is 51.4. The Morgan fingerprint density at radius 1 is 0.470 bits per heavy atom. The second-order valence-electron chi connectivity index (χ2n) is 19.6. The van der Waals surface area contributed by atoms with E-state index in [4.69, 9.17) is 18.5 Å². The zero-order valence-corrected chi connectivity index (χ0v) is 44.5. The second kappa shape index (κ2) is 48.0. The topological polar surface area (TPSA) is 111 Å². The number of quaternary nitrogens is 1. The standard InChI is InChI=1S/C56H104NO8P/c1-6-8-10-12-14-16-18-20-22-24-26-27-28-29-31-32-34-36-38-40-42-44-46-48-55(58)62-52-54(53-64-66(60,61)63-51-50-57(3,4)5)65-56(59)49-47-45-43-41-39-37-35-33-30-25-23-21-19-17-15-13-11-9-7-2/h15,17,21,23,32,34,40,42,54H,6-14,16,18-20,22,24-31,33,35-39,41,43-53H2,1-5H3/b17-15+,23-21+,34-32+,42-40+/t54-/m1/s1. The molecule has 0 aliphatic rings. The minimum Gasteiger partial charge on any atom is -0.756 e. The van der Waals surface area contributed by atoms with Gasteiger partial charge in [-0.3, -0.25) is 14.2 Å². The van der Waals surface area contributed by atoms with Gasteiger partial charge in [0.15, 0.2) is 6.10 Å². The summed E-state index contributed by atoms with van der Waals surface area (Å²) in [5.41, 5.74) is 0. The molecule has 0 bridgehead atoms. The lowest BCUT2D eigenvalue weighted by Gasteiger charge is -2.28. The van der Waals surface area contributed by atoms with Gasteiger partial charge in [-0.25, -0.2) is 0 Å². The normalized spacial score (nSPS) is 13.7. The number of phosphoric acid groups is 1. The van der Waals surface area contributed by atoms with Crippen LogP contribution in [0, 0.1) is 0 Å². The molecule has 1 unspecified atom stereocenters. The lowest BCUT2D eigenvalue weighted by molar-refractivity contribution is -0.870. The van der Waals surface area contributed by atoms with Crippen LogP contribution >= 0.6 is 7.82 Å². The number of ether oxygens (including phenoxy) is 2. The summed E-state index contributed by atoms with van der Waals surface area (Å²) in [6.07, 6.45) is 58.7. The molecular formula is C56H104NO8P. The molecule has 0 aromatic carbocycles. The SMILES string of the molecule is CCCCC/C=C/C/C=C/CCCCCCCCCCCC(=O)O[C@H](COC(=O)CCC/C=C/CC/C=C/CCCCCCCCCCCCCCCC)COP(=O)([O-])OCC[N+](C)(C)C. The van der Waals surface area contributed by atoms with Gasteiger partial charge in [-0.1, -0.05) is 204 Å². The van der Waals surface area contributed by atoms with Crippen LogP contribution in [0.4, 0.5) is 0 Å². The average Bonchev–Trinajstić information content (AvgIpc) is 3.27. The van der Waals surface area contributed by atoms with Gasteiger partial charge in [-0.15, -0.1) is 0 Å². The van der Waals surface area contributed by atoms with Gasteiger partial charge in [0.25, 0.3) is 7.82 Å². The molecule has 10 heteroatoms. The van der Waals surface area contributed by atoms with Gasteiger partial charge in [0.05, 0.1) is 27.7 Å². The van der Waals surface area contributed by atoms with Crippen LogP contribution in [-0.4, -0.2) is 70.0 Å². The highest BCUT2D eigenvalue weighted by Crippen LogP contribution is 2.38. The molecule has 2 atom stereocenters. The molecule has 0 N–H and O–H groups in total. The summed E-state index contributed by atoms with van der Waals surface area (Å²) in [5.74, 6) is -0.883. The molecule has 9 nitrogen and oxygen atoms in total. The van der Waals surface area contributed by atoms with Crippen molar-refractivity contribution in [2.24, 2.45) is 0 Å². The number of rotatable bonds is 50. The van der Waals surface area contributed by atoms with Crippen LogP contribution in [0.2, 0.25) is 0 Å². The maximum absolute atomic E-state index is 12.8. The Hall–Kier alpha value is -2.03. The Balaban J connectivity index is 4.26. The van der Waals surface area contributed by atoms with Crippen LogP contribution < -0.4 is 4.89 Å². The molecule has 0 aliphatic heterocycles. The average molecular weight is 950 g/mol. The molecule has 0 heterocycles. The molecule has 0 radical (unpaired) electrons. The highest BCUT2D eigenvalue weighted by Gasteiger charge is 2.21. The number of unbranched alkanes of at least 4 members (excludes halogenated alkanes) is 28. The van der Waals surface area contributed by atoms with Crippen molar-refractivity contribution in [3.8, 4) is 0 Å². The molecule has 0 aromatic heterocycles. The van der Waals surface area contributed by atoms with E-state index in [0.29, 0.717) is 23.9 Å². The quantitative estimate of drug-likeness (QED) is 0.0195. The van der Waals surface area contributed by atoms with Crippen molar-refractivity contribution in [3.05, 3.63) is 48.6 Å². The van der Waals surface area contributed by atoms with Gasteiger partial charge in [-0.05, 0) is 77.0 Å². The number of esters is 2. The fourth-order valence-electron chi connectivity index (χ4n) is 7.53. The number of allylic oxidation sites excluding steroid dienone is 8. The number of carbonyl (C=O) groups is 2. The molecule has 0 spiro atoms. The van der Waals surface area contributed by atoms with E-state index in [0.717, 1.165) is 57.8 Å². The lowest BCUT2D eigenvalue weighted by Crippen LogP contribution is -2.37. The van der Waals surface area contributed by atoms with Crippen LogP contribution in [0.25, 0.3) is 0 Å². The fraction of sp³-hybridized carbons (Fsp3) is 0.821. The van der Waals surface area contributed by atoms with Crippen LogP contribution in [0.5, 0.6) is 0 Å². The summed E-state index contributed by atoms with van der Waals surface area (Å²) in [6.45, 7) is 4.19. The lowest BCUT2D eigenvalue weighted by atomic mass is 10.0. The van der Waals surface area contributed by atoms with E-state index in [1.165, 1.54) is 148 Å². The molecule has 0 aromatic rings. The highest BCUT2D eigenvalue weighted by atomic mass is 31.2. The number of nitrogens with zero attached hydrogens (tertiary/aromatic N) is 1. The summed E-state index contributed by atoms with van der Waals surface area (Å²) < 4.78 is 34.0. The van der Waals surface area contributed by atoms with E-state index in [1.807, 2.05) is 21.1 Å². The van der Waals surface area contributed by atoms with Crippen molar-refractivity contribution in [2.75, 3.05) is 47.5 Å². The predicted octanol–water partition coefficient (Wildman–Crippen LogP) is 16.0. The van der Waals surface area contributed by atoms with Crippen molar-refractivity contribution < 1.29 is 42.1 Å². The van der Waals surface area contributed by atoms with Gasteiger partial charge < -0.3 is 27.9 Å². The Kier molecular flexibility index (Phi) is 46.5. The van der Waals surface area contributed by atoms with Crippen LogP contribution in [0.1, 0.15) is 245 Å². The Labute approximate surface area is 407 Å². The van der Waals surface area contributed by atoms with Gasteiger partial charge >= 0.3 is 11.9 Å². The number of hydrogen-bond donors (Lipinski definition) is 0. The zero-order valence-electron chi connectivity index (χ0n) is 43.6. The minimum atomic E-state index is -4.64. The van der Waals surface area contributed by atoms with Crippen LogP contribution in [0.3, 0.4) is 0 Å². The van der Waals surface area contributed by atoms with E-state index >= 15 is 0 Å². The molecule has 0 aliphatic carbocycles. The van der Waals surface area contributed by atoms with E-state index in [-0.39, 0.29) is 26.1 Å². The number of phosphoric ester groups is 1. The van der Waals surface area contributed by atoms with E-state index in [2.05, 4.69) is 62.5 Å². The maximum atomic E-state index is 12.8. The zero-order chi connectivity index (χ0) is 48.5. The largest absolute Gasteiger partial charge is 0.756 e. The number of carbonyl (C=O) groups excluding carboxylic acids is 2. The predicted molar refractivity (Wildman–Crippen MR) is 277 cm³/mol. The van der Waals surface area contributed by atoms with Gasteiger partial charge in [0.1, 0.15) is 19.8 Å². The maximum Gasteiger partial charge on any atom is 0.306 e. The molecule has 0 rings (SSSR count). The van der Waals surface area contributed by atoms with E-state index in [9.17, 15) is 19.0 Å². The van der Waals surface area contributed by atoms with Gasteiger partial charge in [0.2, 0.25) is 0 Å². The van der Waals surface area contributed by atoms with E-state index < -0.39 is 32.5 Å². The van der Waals surface area contributed by atoms with Crippen LogP contribution in [-0.2, 0) is 32.7 Å². The molecule has 0 amide bonds. The van der Waals surface area contributed by atoms with Gasteiger partial charge in [0, 0.05) is 12.8 Å². The fourth-order valence-corrected chi connectivity index (χ4v) is 8.26. The van der Waals surface area contributed by atoms with Crippen molar-refractivity contribution in [2.45, 2.75) is 251 Å². The highest BCUT2D eigenvalue weighted by molar-refractivity contribution is 7.45. The Bertz CT molecular complexity index is 1260. The van der Waals surface area contributed by atoms with Gasteiger partial charge in [-0.2, -0.15) is 0 Å². The molecule has 0 fully saturated rings. The first-order valence-corrected chi connectivity index (χ1v) is 28.8. The third-order valence-electron chi connectivity index (χ3n) is 11.8. The molecular weight excluding hydrogens is 846 g/mol. The first-order chi connectivity index (χ1) is 32.0. The van der Waals surface area contributed by atoms with Crippen molar-refractivity contribution in [3.63, 3.8) is 0 Å². The van der Waals surface area contributed by atoms with E-state index in [1.54, 1.807) is 0 Å². The van der Waals surface area contributed by atoms with Crippen molar-refractivity contribution >= 4 is 19.8 Å². The molecule has 386 valence electrons. The first-order valence-electron chi connectivity index (χ1n) is 27.3. The third-order valence-corrected chi connectivity index (χ3v) is 12.8. The molecule has 0 saturated heterocycles.